The van der Waals surface area contributed by atoms with Gasteiger partial charge in [-0.05, 0) is 45.7 Å². The van der Waals surface area contributed by atoms with Crippen LogP contribution >= 0.6 is 0 Å². The van der Waals surface area contributed by atoms with Crippen LogP contribution in [-0.2, 0) is 0 Å². The first-order chi connectivity index (χ1) is 12.0. The van der Waals surface area contributed by atoms with Crippen LogP contribution in [-0.4, -0.2) is 43.6 Å². The molecule has 25 heavy (non-hydrogen) atoms. The second-order valence-electron chi connectivity index (χ2n) is 6.64. The van der Waals surface area contributed by atoms with Crippen LogP contribution < -0.4 is 0 Å². The molecule has 0 bridgehead atoms. The van der Waals surface area contributed by atoms with Gasteiger partial charge in [-0.15, -0.1) is 0 Å². The van der Waals surface area contributed by atoms with Gasteiger partial charge in [-0.2, -0.15) is 5.10 Å². The Bertz CT molecular complexity index is 942. The zero-order valence-electron chi connectivity index (χ0n) is 14.7. The molecule has 0 spiro atoms. The molecule has 0 N–H and O–H groups in total. The van der Waals surface area contributed by atoms with Crippen LogP contribution in [0.4, 0.5) is 0 Å². The lowest BCUT2D eigenvalue weighted by atomic mass is 10.1. The Morgan fingerprint density at radius 1 is 1.24 bits per heavy atom. The fourth-order valence-corrected chi connectivity index (χ4v) is 3.51. The maximum absolute atomic E-state index is 12.9. The third-order valence-electron chi connectivity index (χ3n) is 4.66. The number of fused-ring (bicyclic) bond motifs is 1. The minimum Gasteiger partial charge on any atom is -0.449 e. The number of likely N-dealkylation sites (tertiary alicyclic amines) is 1. The number of nitrogens with zero attached hydrogens (tertiary/aromatic N) is 5. The number of aromatic nitrogens is 4. The lowest BCUT2D eigenvalue weighted by molar-refractivity contribution is 0.0641. The first kappa shape index (κ1) is 15.8. The number of furan rings is 1. The van der Waals surface area contributed by atoms with Gasteiger partial charge in [0.2, 0.25) is 0 Å². The molecular formula is C18H21N5O2. The Labute approximate surface area is 145 Å². The first-order valence-electron chi connectivity index (χ1n) is 8.57. The van der Waals surface area contributed by atoms with Crippen LogP contribution in [0.1, 0.15) is 46.8 Å². The van der Waals surface area contributed by atoms with E-state index in [9.17, 15) is 4.79 Å². The summed E-state index contributed by atoms with van der Waals surface area (Å²) in [6.45, 7) is 7.11. The summed E-state index contributed by atoms with van der Waals surface area (Å²) in [5.41, 5.74) is 2.27. The molecule has 1 aliphatic heterocycles. The largest absolute Gasteiger partial charge is 0.449 e. The summed E-state index contributed by atoms with van der Waals surface area (Å²) in [5.74, 6) is 1.91. The second kappa shape index (κ2) is 5.98. The summed E-state index contributed by atoms with van der Waals surface area (Å²) in [6, 6.07) is 5.63. The maximum Gasteiger partial charge on any atom is 0.289 e. The van der Waals surface area contributed by atoms with Crippen molar-refractivity contribution in [2.75, 3.05) is 13.1 Å². The summed E-state index contributed by atoms with van der Waals surface area (Å²) >= 11 is 0. The highest BCUT2D eigenvalue weighted by atomic mass is 16.3. The Balaban J connectivity index is 1.57. The van der Waals surface area contributed by atoms with Crippen molar-refractivity contribution in [1.29, 1.82) is 0 Å². The molecule has 0 saturated carbocycles. The van der Waals surface area contributed by atoms with Crippen molar-refractivity contribution >= 4 is 17.0 Å². The van der Waals surface area contributed by atoms with Gasteiger partial charge in [0.15, 0.2) is 11.3 Å². The topological polar surface area (TPSA) is 77.0 Å². The SMILES string of the molecule is Cc1ccc2oc(C(=O)N3CCCC(n4nc(C)nc4C)C3)cc2n1. The van der Waals surface area contributed by atoms with Crippen LogP contribution in [0.3, 0.4) is 0 Å². The molecule has 7 nitrogen and oxygen atoms in total. The third kappa shape index (κ3) is 2.90. The van der Waals surface area contributed by atoms with Gasteiger partial charge >= 0.3 is 0 Å². The number of piperidine rings is 1. The van der Waals surface area contributed by atoms with Crippen LogP contribution in [0.5, 0.6) is 0 Å². The summed E-state index contributed by atoms with van der Waals surface area (Å²) in [5, 5.41) is 4.48. The molecule has 0 aromatic carbocycles. The van der Waals surface area contributed by atoms with Crippen molar-refractivity contribution in [2.24, 2.45) is 0 Å². The summed E-state index contributed by atoms with van der Waals surface area (Å²) in [4.78, 5) is 23.5. The monoisotopic (exact) mass is 339 g/mol. The van der Waals surface area contributed by atoms with Crippen molar-refractivity contribution in [3.63, 3.8) is 0 Å². The third-order valence-corrected chi connectivity index (χ3v) is 4.66. The molecule has 1 unspecified atom stereocenters. The van der Waals surface area contributed by atoms with Crippen molar-refractivity contribution in [3.05, 3.63) is 41.3 Å². The number of carbonyl (C=O) groups is 1. The standard InChI is InChI=1S/C18H21N5O2/c1-11-6-7-16-15(19-11)9-17(25-16)18(24)22-8-4-5-14(10-22)23-13(3)20-12(2)21-23/h6-7,9,14H,4-5,8,10H2,1-3H3. The van der Waals surface area contributed by atoms with Gasteiger partial charge in [-0.1, -0.05) is 0 Å². The summed E-state index contributed by atoms with van der Waals surface area (Å²) in [7, 11) is 0. The molecule has 1 atom stereocenters. The highest BCUT2D eigenvalue weighted by Gasteiger charge is 2.29. The van der Waals surface area contributed by atoms with Crippen molar-refractivity contribution in [3.8, 4) is 0 Å². The fraction of sp³-hybridized carbons (Fsp3) is 0.444. The van der Waals surface area contributed by atoms with Crippen molar-refractivity contribution < 1.29 is 9.21 Å². The van der Waals surface area contributed by atoms with Gasteiger partial charge in [0, 0.05) is 24.8 Å². The van der Waals surface area contributed by atoms with Crippen LogP contribution in [0.25, 0.3) is 11.1 Å². The fourth-order valence-electron chi connectivity index (χ4n) is 3.51. The normalized spacial score (nSPS) is 18.0. The van der Waals surface area contributed by atoms with Crippen LogP contribution in [0, 0.1) is 20.8 Å². The smallest absolute Gasteiger partial charge is 0.289 e. The molecule has 4 heterocycles. The maximum atomic E-state index is 12.9. The summed E-state index contributed by atoms with van der Waals surface area (Å²) < 4.78 is 7.66. The number of hydrogen-bond donors (Lipinski definition) is 0. The average Bonchev–Trinajstić information content (AvgIpc) is 3.16. The Hall–Kier alpha value is -2.70. The van der Waals surface area contributed by atoms with E-state index in [1.54, 1.807) is 6.07 Å². The summed E-state index contributed by atoms with van der Waals surface area (Å²) in [6.07, 6.45) is 1.93. The number of hydrogen-bond acceptors (Lipinski definition) is 5. The Morgan fingerprint density at radius 3 is 2.84 bits per heavy atom. The van der Waals surface area contributed by atoms with Crippen LogP contribution in [0.15, 0.2) is 22.6 Å². The Morgan fingerprint density at radius 2 is 2.08 bits per heavy atom. The zero-order valence-corrected chi connectivity index (χ0v) is 14.7. The minimum absolute atomic E-state index is 0.0881. The average molecular weight is 339 g/mol. The lowest BCUT2D eigenvalue weighted by Crippen LogP contribution is -2.41. The van der Waals surface area contributed by atoms with E-state index in [1.165, 1.54) is 0 Å². The van der Waals surface area contributed by atoms with E-state index in [4.69, 9.17) is 4.42 Å². The number of rotatable bonds is 2. The van der Waals surface area contributed by atoms with E-state index >= 15 is 0 Å². The molecule has 130 valence electrons. The first-order valence-corrected chi connectivity index (χ1v) is 8.57. The van der Waals surface area contributed by atoms with Crippen molar-refractivity contribution in [2.45, 2.75) is 39.7 Å². The van der Waals surface area contributed by atoms with Gasteiger partial charge in [0.25, 0.3) is 5.91 Å². The highest BCUT2D eigenvalue weighted by Crippen LogP contribution is 2.25. The van der Waals surface area contributed by atoms with Gasteiger partial charge in [-0.25, -0.2) is 14.6 Å². The number of pyridine rings is 1. The minimum atomic E-state index is -0.0881. The molecule has 0 radical (unpaired) electrons. The van der Waals surface area contributed by atoms with E-state index < -0.39 is 0 Å². The molecule has 4 rings (SSSR count). The van der Waals surface area contributed by atoms with E-state index in [0.717, 1.165) is 42.2 Å². The molecule has 1 amide bonds. The van der Waals surface area contributed by atoms with E-state index in [2.05, 4.69) is 15.1 Å². The zero-order chi connectivity index (χ0) is 17.6. The van der Waals surface area contributed by atoms with Gasteiger partial charge in [0.05, 0.1) is 6.04 Å². The molecule has 0 aliphatic carbocycles. The molecule has 3 aromatic rings. The number of aryl methyl sites for hydroxylation is 3. The molecular weight excluding hydrogens is 318 g/mol. The number of carbonyl (C=O) groups excluding carboxylic acids is 1. The quantitative estimate of drug-likeness (QED) is 0.717. The molecule has 1 saturated heterocycles. The van der Waals surface area contributed by atoms with E-state index in [0.29, 0.717) is 17.9 Å². The molecule has 3 aromatic heterocycles. The van der Waals surface area contributed by atoms with Gasteiger partial charge < -0.3 is 9.32 Å². The second-order valence-corrected chi connectivity index (χ2v) is 6.64. The molecule has 7 heteroatoms. The highest BCUT2D eigenvalue weighted by molar-refractivity contribution is 5.95. The lowest BCUT2D eigenvalue weighted by Gasteiger charge is -2.32. The van der Waals surface area contributed by atoms with Gasteiger partial charge in [-0.3, -0.25) is 4.79 Å². The Kier molecular flexibility index (Phi) is 3.78. The molecule has 1 aliphatic rings. The predicted molar refractivity (Wildman–Crippen MR) is 92.4 cm³/mol. The van der Waals surface area contributed by atoms with E-state index in [1.807, 2.05) is 42.5 Å². The van der Waals surface area contributed by atoms with Crippen LogP contribution in [0.2, 0.25) is 0 Å². The van der Waals surface area contributed by atoms with E-state index in [-0.39, 0.29) is 11.9 Å². The number of amides is 1. The van der Waals surface area contributed by atoms with Gasteiger partial charge in [0.1, 0.15) is 17.2 Å². The molecule has 1 fully saturated rings. The predicted octanol–water partition coefficient (Wildman–Crippen LogP) is 2.82. The van der Waals surface area contributed by atoms with Crippen molar-refractivity contribution in [1.82, 2.24) is 24.6 Å².